The molecule has 0 aromatic rings. The van der Waals surface area contributed by atoms with Gasteiger partial charge in [0, 0.05) is 24.2 Å². The molecule has 0 aliphatic rings. The average molecular weight is 294 g/mol. The van der Waals surface area contributed by atoms with Crippen molar-refractivity contribution >= 4 is 15.9 Å². The van der Waals surface area contributed by atoms with Crippen molar-refractivity contribution in [3.05, 3.63) is 11.1 Å². The SMILES string of the molecule is C=C(Br)CNCC(O)COCCCC(C)C. The molecule has 0 saturated carbocycles. The van der Waals surface area contributed by atoms with Gasteiger partial charge in [0.2, 0.25) is 0 Å². The molecule has 0 aromatic heterocycles. The van der Waals surface area contributed by atoms with Crippen LogP contribution in [0.4, 0.5) is 0 Å². The van der Waals surface area contributed by atoms with E-state index in [0.717, 1.165) is 23.4 Å². The fourth-order valence-corrected chi connectivity index (χ4v) is 1.44. The van der Waals surface area contributed by atoms with E-state index < -0.39 is 6.10 Å². The highest BCUT2D eigenvalue weighted by molar-refractivity contribution is 9.11. The molecule has 0 aliphatic heterocycles. The van der Waals surface area contributed by atoms with Crippen molar-refractivity contribution in [2.75, 3.05) is 26.3 Å². The van der Waals surface area contributed by atoms with E-state index in [-0.39, 0.29) is 0 Å². The van der Waals surface area contributed by atoms with Crippen LogP contribution in [-0.4, -0.2) is 37.5 Å². The van der Waals surface area contributed by atoms with Crippen molar-refractivity contribution in [3.63, 3.8) is 0 Å². The van der Waals surface area contributed by atoms with Gasteiger partial charge in [-0.1, -0.05) is 36.4 Å². The Morgan fingerprint density at radius 3 is 2.75 bits per heavy atom. The zero-order chi connectivity index (χ0) is 12.4. The summed E-state index contributed by atoms with van der Waals surface area (Å²) in [7, 11) is 0. The van der Waals surface area contributed by atoms with Gasteiger partial charge in [0.15, 0.2) is 0 Å². The second-order valence-electron chi connectivity index (χ2n) is 4.41. The Balaban J connectivity index is 3.23. The maximum Gasteiger partial charge on any atom is 0.0897 e. The van der Waals surface area contributed by atoms with Crippen LogP contribution in [0.1, 0.15) is 26.7 Å². The molecule has 0 amide bonds. The van der Waals surface area contributed by atoms with E-state index in [9.17, 15) is 5.11 Å². The highest BCUT2D eigenvalue weighted by Gasteiger charge is 2.03. The summed E-state index contributed by atoms with van der Waals surface area (Å²) in [6, 6.07) is 0. The van der Waals surface area contributed by atoms with Crippen LogP contribution in [0, 0.1) is 5.92 Å². The van der Waals surface area contributed by atoms with Gasteiger partial charge in [0.25, 0.3) is 0 Å². The molecule has 0 fully saturated rings. The number of aliphatic hydroxyl groups excluding tert-OH is 1. The van der Waals surface area contributed by atoms with Gasteiger partial charge in [-0.25, -0.2) is 0 Å². The lowest BCUT2D eigenvalue weighted by Gasteiger charge is -2.12. The van der Waals surface area contributed by atoms with Crippen LogP contribution in [0.15, 0.2) is 11.1 Å². The minimum absolute atomic E-state index is 0.403. The number of hydrogen-bond donors (Lipinski definition) is 2. The van der Waals surface area contributed by atoms with Gasteiger partial charge in [0.05, 0.1) is 12.7 Å². The van der Waals surface area contributed by atoms with E-state index >= 15 is 0 Å². The Bertz CT molecular complexity index is 186. The van der Waals surface area contributed by atoms with E-state index in [1.807, 2.05) is 0 Å². The third-order valence-corrected chi connectivity index (χ3v) is 2.36. The smallest absolute Gasteiger partial charge is 0.0897 e. The summed E-state index contributed by atoms with van der Waals surface area (Å²) in [5, 5.41) is 12.6. The fourth-order valence-electron chi connectivity index (χ4n) is 1.25. The molecule has 0 spiro atoms. The van der Waals surface area contributed by atoms with Crippen LogP contribution in [-0.2, 0) is 4.74 Å². The van der Waals surface area contributed by atoms with E-state index in [1.54, 1.807) is 0 Å². The Hall–Kier alpha value is 0.1000. The molecule has 0 radical (unpaired) electrons. The first-order valence-corrected chi connectivity index (χ1v) is 6.61. The number of aliphatic hydroxyl groups is 1. The molecule has 0 bridgehead atoms. The van der Waals surface area contributed by atoms with Crippen LogP contribution < -0.4 is 5.32 Å². The van der Waals surface area contributed by atoms with Gasteiger partial charge in [-0.2, -0.15) is 0 Å². The average Bonchev–Trinajstić information content (AvgIpc) is 2.16. The maximum absolute atomic E-state index is 9.54. The molecule has 3 nitrogen and oxygen atoms in total. The summed E-state index contributed by atoms with van der Waals surface area (Å²) in [6.07, 6.45) is 1.80. The second kappa shape index (κ2) is 10.3. The summed E-state index contributed by atoms with van der Waals surface area (Å²) in [4.78, 5) is 0. The third-order valence-electron chi connectivity index (χ3n) is 2.08. The Kier molecular flexibility index (Phi) is 10.3. The summed E-state index contributed by atoms with van der Waals surface area (Å²) < 4.78 is 6.27. The van der Waals surface area contributed by atoms with Gasteiger partial charge in [-0.3, -0.25) is 0 Å². The van der Waals surface area contributed by atoms with Gasteiger partial charge in [0.1, 0.15) is 0 Å². The topological polar surface area (TPSA) is 41.5 Å². The molecule has 0 rings (SSSR count). The van der Waals surface area contributed by atoms with E-state index in [1.165, 1.54) is 6.42 Å². The molecule has 0 saturated heterocycles. The van der Waals surface area contributed by atoms with Gasteiger partial charge in [-0.05, 0) is 18.8 Å². The van der Waals surface area contributed by atoms with Crippen molar-refractivity contribution in [2.24, 2.45) is 5.92 Å². The third kappa shape index (κ3) is 12.2. The molecule has 4 heteroatoms. The molecule has 0 heterocycles. The maximum atomic E-state index is 9.54. The minimum Gasteiger partial charge on any atom is -0.389 e. The highest BCUT2D eigenvalue weighted by Crippen LogP contribution is 2.03. The Morgan fingerprint density at radius 1 is 1.50 bits per heavy atom. The number of halogens is 1. The number of hydrogen-bond acceptors (Lipinski definition) is 3. The van der Waals surface area contributed by atoms with Crippen LogP contribution in [0.25, 0.3) is 0 Å². The molecule has 96 valence electrons. The zero-order valence-electron chi connectivity index (χ0n) is 10.3. The first-order valence-electron chi connectivity index (χ1n) is 5.82. The van der Waals surface area contributed by atoms with Crippen molar-refractivity contribution in [1.82, 2.24) is 5.32 Å². The summed E-state index contributed by atoms with van der Waals surface area (Å²) >= 11 is 3.24. The molecule has 2 N–H and O–H groups in total. The van der Waals surface area contributed by atoms with Crippen LogP contribution in [0.5, 0.6) is 0 Å². The van der Waals surface area contributed by atoms with E-state index in [0.29, 0.717) is 19.7 Å². The van der Waals surface area contributed by atoms with Crippen molar-refractivity contribution < 1.29 is 9.84 Å². The summed E-state index contributed by atoms with van der Waals surface area (Å²) in [5.41, 5.74) is 0. The van der Waals surface area contributed by atoms with E-state index in [4.69, 9.17) is 4.74 Å². The number of ether oxygens (including phenoxy) is 1. The number of rotatable bonds is 10. The predicted octanol–water partition coefficient (Wildman–Crippen LogP) is 2.30. The van der Waals surface area contributed by atoms with Crippen molar-refractivity contribution in [1.29, 1.82) is 0 Å². The first kappa shape index (κ1) is 16.1. The normalized spacial score (nSPS) is 13.1. The first-order chi connectivity index (χ1) is 7.52. The standard InChI is InChI=1S/C12H24BrNO2/c1-10(2)5-4-6-16-9-12(15)8-14-7-11(3)13/h10,12,14-15H,3-9H2,1-2H3. The number of nitrogens with one attached hydrogen (secondary N) is 1. The lowest BCUT2D eigenvalue weighted by molar-refractivity contribution is 0.0352. The minimum atomic E-state index is -0.439. The largest absolute Gasteiger partial charge is 0.389 e. The monoisotopic (exact) mass is 293 g/mol. The van der Waals surface area contributed by atoms with Gasteiger partial charge >= 0.3 is 0 Å². The fraction of sp³-hybridized carbons (Fsp3) is 0.833. The predicted molar refractivity (Wildman–Crippen MR) is 71.8 cm³/mol. The van der Waals surface area contributed by atoms with E-state index in [2.05, 4.69) is 41.7 Å². The summed E-state index contributed by atoms with van der Waals surface area (Å²) in [5.74, 6) is 0.722. The Morgan fingerprint density at radius 2 is 2.19 bits per heavy atom. The summed E-state index contributed by atoms with van der Waals surface area (Å²) in [6.45, 7) is 10.4. The van der Waals surface area contributed by atoms with Gasteiger partial charge < -0.3 is 15.2 Å². The molecule has 16 heavy (non-hydrogen) atoms. The van der Waals surface area contributed by atoms with Crippen molar-refractivity contribution in [2.45, 2.75) is 32.8 Å². The lowest BCUT2D eigenvalue weighted by atomic mass is 10.1. The molecule has 0 aromatic carbocycles. The van der Waals surface area contributed by atoms with Crippen molar-refractivity contribution in [3.8, 4) is 0 Å². The van der Waals surface area contributed by atoms with Gasteiger partial charge in [-0.15, -0.1) is 0 Å². The lowest BCUT2D eigenvalue weighted by Crippen LogP contribution is -2.31. The second-order valence-corrected chi connectivity index (χ2v) is 5.53. The molecule has 0 aliphatic carbocycles. The molecule has 1 unspecified atom stereocenters. The van der Waals surface area contributed by atoms with Crippen LogP contribution in [0.2, 0.25) is 0 Å². The Labute approximate surface area is 107 Å². The van der Waals surface area contributed by atoms with Crippen LogP contribution in [0.3, 0.4) is 0 Å². The molecular formula is C12H24BrNO2. The highest BCUT2D eigenvalue weighted by atomic mass is 79.9. The molecule has 1 atom stereocenters. The molecular weight excluding hydrogens is 270 g/mol. The zero-order valence-corrected chi connectivity index (χ0v) is 11.9. The quantitative estimate of drug-likeness (QED) is 0.608. The van der Waals surface area contributed by atoms with Crippen LogP contribution >= 0.6 is 15.9 Å².